The first kappa shape index (κ1) is 36.2. The summed E-state index contributed by atoms with van der Waals surface area (Å²) in [6.07, 6.45) is 13.6. The molecule has 1 unspecified atom stereocenters. The quantitative estimate of drug-likeness (QED) is 0.229. The third-order valence-electron chi connectivity index (χ3n) is 10.0. The molecule has 0 amide bonds. The zero-order valence-corrected chi connectivity index (χ0v) is 29.9. The molecule has 3 aliphatic rings. The molecule has 2 aliphatic carbocycles. The lowest BCUT2D eigenvalue weighted by molar-refractivity contribution is -0.134. The number of hydrogen-bond donors (Lipinski definition) is 3. The van der Waals surface area contributed by atoms with Crippen LogP contribution in [0.1, 0.15) is 50.6 Å². The highest BCUT2D eigenvalue weighted by Gasteiger charge is 2.39. The van der Waals surface area contributed by atoms with Gasteiger partial charge in [0.2, 0.25) is 10.0 Å². The Morgan fingerprint density at radius 1 is 0.980 bits per heavy atom. The summed E-state index contributed by atoms with van der Waals surface area (Å²) < 4.78 is 32.2. The van der Waals surface area contributed by atoms with Gasteiger partial charge in [0.25, 0.3) is 5.97 Å². The lowest BCUT2D eigenvalue weighted by atomic mass is 9.90. The predicted molar refractivity (Wildman–Crippen MR) is 198 cm³/mol. The van der Waals surface area contributed by atoms with Gasteiger partial charge in [-0.25, -0.2) is 28.2 Å². The SMILES string of the molecule is CC(=O)O.CN1CCN(C2CCC(n3nc(-c4ccc(Oc5cccc(CC6(S(N)(=O)=O)C=CC=CC6)c5)cc4)c4c(N)ncnc43)CC2)CC1. The second kappa shape index (κ2) is 15.3. The molecule has 2 aromatic heterocycles. The summed E-state index contributed by atoms with van der Waals surface area (Å²) in [7, 11) is -1.63. The summed E-state index contributed by atoms with van der Waals surface area (Å²) in [6.45, 7) is 5.64. The molecule has 3 heterocycles. The third-order valence-corrected chi connectivity index (χ3v) is 11.6. The van der Waals surface area contributed by atoms with Crippen molar-refractivity contribution in [1.29, 1.82) is 0 Å². The van der Waals surface area contributed by atoms with E-state index in [9.17, 15) is 8.42 Å². The third kappa shape index (κ3) is 8.30. The average molecular weight is 715 g/mol. The number of primary sulfonamides is 1. The lowest BCUT2D eigenvalue weighted by Gasteiger charge is -2.41. The number of aliphatic carboxylic acids is 1. The molecule has 1 atom stereocenters. The van der Waals surface area contributed by atoms with Gasteiger partial charge in [-0.15, -0.1) is 0 Å². The Bertz CT molecular complexity index is 2010. The van der Waals surface area contributed by atoms with Crippen LogP contribution in [0.2, 0.25) is 0 Å². The van der Waals surface area contributed by atoms with Crippen LogP contribution in [0.15, 0.2) is 79.2 Å². The van der Waals surface area contributed by atoms with Gasteiger partial charge in [0.1, 0.15) is 34.1 Å². The predicted octanol–water partition coefficient (Wildman–Crippen LogP) is 4.78. The number of ether oxygens (including phenoxy) is 1. The van der Waals surface area contributed by atoms with Gasteiger partial charge in [0.15, 0.2) is 5.65 Å². The fourth-order valence-electron chi connectivity index (χ4n) is 7.28. The number of fused-ring (bicyclic) bond motifs is 1. The highest BCUT2D eigenvalue weighted by Crippen LogP contribution is 2.38. The van der Waals surface area contributed by atoms with E-state index in [1.165, 1.54) is 6.33 Å². The van der Waals surface area contributed by atoms with Crippen molar-refractivity contribution in [3.63, 3.8) is 0 Å². The van der Waals surface area contributed by atoms with Crippen LogP contribution in [0.5, 0.6) is 11.5 Å². The average Bonchev–Trinajstić information content (AvgIpc) is 3.50. The Morgan fingerprint density at radius 3 is 2.31 bits per heavy atom. The molecule has 51 heavy (non-hydrogen) atoms. The number of sulfonamides is 1. The number of benzene rings is 2. The summed E-state index contributed by atoms with van der Waals surface area (Å²) in [5.74, 6) is 0.831. The van der Waals surface area contributed by atoms with E-state index < -0.39 is 20.7 Å². The molecular weight excluding hydrogens is 669 g/mol. The van der Waals surface area contributed by atoms with E-state index in [1.807, 2.05) is 60.7 Å². The molecule has 0 bridgehead atoms. The number of likely N-dealkylation sites (N-methyl/N-ethyl adjacent to an activating group) is 1. The van der Waals surface area contributed by atoms with Crippen molar-refractivity contribution in [2.24, 2.45) is 5.14 Å². The molecule has 2 fully saturated rings. The molecule has 270 valence electrons. The van der Waals surface area contributed by atoms with E-state index in [0.717, 1.165) is 86.6 Å². The van der Waals surface area contributed by atoms with Crippen LogP contribution in [0.25, 0.3) is 22.3 Å². The first-order valence-electron chi connectivity index (χ1n) is 17.3. The molecule has 13 nitrogen and oxygen atoms in total. The van der Waals surface area contributed by atoms with Gasteiger partial charge in [-0.05, 0) is 87.5 Å². The minimum absolute atomic E-state index is 0.250. The molecule has 0 spiro atoms. The maximum atomic E-state index is 12.5. The van der Waals surface area contributed by atoms with Gasteiger partial charge in [0.05, 0.1) is 11.4 Å². The van der Waals surface area contributed by atoms with Gasteiger partial charge in [0, 0.05) is 44.7 Å². The number of rotatable bonds is 8. The van der Waals surface area contributed by atoms with Crippen LogP contribution >= 0.6 is 0 Å². The molecule has 2 aromatic carbocycles. The minimum atomic E-state index is -3.83. The van der Waals surface area contributed by atoms with Crippen molar-refractivity contribution >= 4 is 32.8 Å². The number of carboxylic acid groups (broad SMARTS) is 1. The molecule has 14 heteroatoms. The molecular formula is C37H46N8O5S. The summed E-state index contributed by atoms with van der Waals surface area (Å²) in [5.41, 5.74) is 9.67. The van der Waals surface area contributed by atoms with Crippen LogP contribution in [-0.4, -0.2) is 93.1 Å². The highest BCUT2D eigenvalue weighted by atomic mass is 32.2. The Morgan fingerprint density at radius 2 is 1.67 bits per heavy atom. The van der Waals surface area contributed by atoms with Crippen LogP contribution < -0.4 is 15.6 Å². The summed E-state index contributed by atoms with van der Waals surface area (Å²) in [6, 6.07) is 16.1. The topological polar surface area (TPSA) is 183 Å². The van der Waals surface area contributed by atoms with E-state index >= 15 is 0 Å². The number of piperazine rings is 1. The molecule has 1 aliphatic heterocycles. The van der Waals surface area contributed by atoms with Crippen molar-refractivity contribution < 1.29 is 23.1 Å². The number of nitrogen functional groups attached to an aromatic ring is 1. The maximum absolute atomic E-state index is 12.5. The van der Waals surface area contributed by atoms with Gasteiger partial charge in [-0.1, -0.05) is 36.4 Å². The van der Waals surface area contributed by atoms with Crippen molar-refractivity contribution in [3.8, 4) is 22.8 Å². The number of anilines is 1. The maximum Gasteiger partial charge on any atom is 0.300 e. The van der Waals surface area contributed by atoms with Gasteiger partial charge in [-0.2, -0.15) is 5.10 Å². The molecule has 1 saturated carbocycles. The van der Waals surface area contributed by atoms with Crippen molar-refractivity contribution in [2.75, 3.05) is 39.0 Å². The monoisotopic (exact) mass is 714 g/mol. The van der Waals surface area contributed by atoms with Gasteiger partial charge < -0.3 is 20.5 Å². The number of aromatic nitrogens is 4. The number of nitrogens with zero attached hydrogens (tertiary/aromatic N) is 6. The van der Waals surface area contributed by atoms with Crippen molar-refractivity contribution in [2.45, 2.75) is 62.3 Å². The number of hydrogen-bond acceptors (Lipinski definition) is 10. The second-order valence-corrected chi connectivity index (χ2v) is 15.5. The molecule has 5 N–H and O–H groups in total. The standard InChI is InChI=1S/C35H42N8O3S.C2H4O2/c1-41-18-20-42(21-19-41)27-10-12-28(13-11-27)43-34-31(33(36)38-24-39-34)32(40-43)26-8-14-29(15-9-26)46-30-7-5-6-25(22-30)23-35(47(37,44)45)16-3-2-4-17-35;1-2(3)4/h2-9,14-16,22,24,27-28H,10-13,17-21,23H2,1H3,(H2,36,38,39)(H2,37,44,45);1H3,(H,3,4). The second-order valence-electron chi connectivity index (χ2n) is 13.6. The first-order chi connectivity index (χ1) is 24.4. The van der Waals surface area contributed by atoms with Gasteiger partial charge >= 0.3 is 0 Å². The van der Waals surface area contributed by atoms with Crippen molar-refractivity contribution in [1.82, 2.24) is 29.5 Å². The van der Waals surface area contributed by atoms with Crippen LogP contribution in [-0.2, 0) is 21.2 Å². The molecule has 7 rings (SSSR count). The lowest BCUT2D eigenvalue weighted by Crippen LogP contribution is -2.49. The van der Waals surface area contributed by atoms with E-state index in [0.29, 0.717) is 29.8 Å². The van der Waals surface area contributed by atoms with Crippen LogP contribution in [0, 0.1) is 0 Å². The van der Waals surface area contributed by atoms with E-state index in [-0.39, 0.29) is 12.5 Å². The number of nitrogens with two attached hydrogens (primary N) is 2. The number of carboxylic acids is 1. The number of allylic oxidation sites excluding steroid dienone is 3. The minimum Gasteiger partial charge on any atom is -0.481 e. The van der Waals surface area contributed by atoms with E-state index in [4.69, 9.17) is 30.6 Å². The van der Waals surface area contributed by atoms with E-state index in [2.05, 4.69) is 31.5 Å². The normalized spacial score (nSPS) is 22.7. The molecule has 4 aromatic rings. The fourth-order valence-corrected chi connectivity index (χ4v) is 8.24. The van der Waals surface area contributed by atoms with Crippen LogP contribution in [0.4, 0.5) is 5.82 Å². The summed E-state index contributed by atoms with van der Waals surface area (Å²) >= 11 is 0. The summed E-state index contributed by atoms with van der Waals surface area (Å²) in [4.78, 5) is 23.0. The van der Waals surface area contributed by atoms with E-state index in [1.54, 1.807) is 12.2 Å². The largest absolute Gasteiger partial charge is 0.481 e. The van der Waals surface area contributed by atoms with Crippen molar-refractivity contribution in [3.05, 3.63) is 84.7 Å². The summed E-state index contributed by atoms with van der Waals surface area (Å²) in [5, 5.41) is 19.0. The fraction of sp³-hybridized carbons (Fsp3) is 0.405. The zero-order chi connectivity index (χ0) is 36.2. The number of carbonyl (C=O) groups is 1. The Labute approximate surface area is 298 Å². The zero-order valence-electron chi connectivity index (χ0n) is 29.1. The first-order valence-corrected chi connectivity index (χ1v) is 18.8. The van der Waals surface area contributed by atoms with Crippen LogP contribution in [0.3, 0.4) is 0 Å². The van der Waals surface area contributed by atoms with Gasteiger partial charge in [-0.3, -0.25) is 9.69 Å². The Balaban J connectivity index is 0.00000107. The molecule has 1 saturated heterocycles. The smallest absolute Gasteiger partial charge is 0.300 e. The molecule has 0 radical (unpaired) electrons. The highest BCUT2D eigenvalue weighted by molar-refractivity contribution is 7.90. The Kier molecular flexibility index (Phi) is 10.9. The Hall–Kier alpha value is -4.63.